The molecule has 1 fully saturated rings. The van der Waals surface area contributed by atoms with Crippen LogP contribution in [0.5, 0.6) is 5.75 Å². The number of nitrogens with zero attached hydrogens (tertiary/aromatic N) is 1. The Bertz CT molecular complexity index is 797. The third-order valence-electron chi connectivity index (χ3n) is 3.98. The summed E-state index contributed by atoms with van der Waals surface area (Å²) in [5, 5.41) is 2.73. The summed E-state index contributed by atoms with van der Waals surface area (Å²) in [5.41, 5.74) is 1.71. The number of esters is 1. The summed E-state index contributed by atoms with van der Waals surface area (Å²) in [6.45, 7) is 3.01. The van der Waals surface area contributed by atoms with E-state index in [0.29, 0.717) is 36.4 Å². The number of ketones is 1. The van der Waals surface area contributed by atoms with E-state index in [1.165, 1.54) is 0 Å². The molecule has 0 spiro atoms. The fourth-order valence-electron chi connectivity index (χ4n) is 2.57. The Kier molecular flexibility index (Phi) is 4.79. The number of ether oxygens (including phenoxy) is 1. The zero-order chi connectivity index (χ0) is 17.8. The van der Waals surface area contributed by atoms with E-state index in [-0.39, 0.29) is 11.8 Å². The number of amides is 2. The van der Waals surface area contributed by atoms with E-state index in [1.54, 1.807) is 60.4 Å². The second kappa shape index (κ2) is 7.17. The highest BCUT2D eigenvalue weighted by Crippen LogP contribution is 2.19. The number of rotatable bonds is 5. The average Bonchev–Trinajstić information content (AvgIpc) is 3.07. The predicted molar refractivity (Wildman–Crippen MR) is 93.2 cm³/mol. The molecule has 25 heavy (non-hydrogen) atoms. The molecular formula is C19H18N2O4. The second-order valence-corrected chi connectivity index (χ2v) is 5.62. The molecule has 2 aromatic carbocycles. The molecule has 1 heterocycles. The van der Waals surface area contributed by atoms with Crippen molar-refractivity contribution in [2.24, 2.45) is 0 Å². The maximum atomic E-state index is 12.2. The van der Waals surface area contributed by atoms with Crippen LogP contribution >= 0.6 is 0 Å². The van der Waals surface area contributed by atoms with E-state index in [9.17, 15) is 14.4 Å². The van der Waals surface area contributed by atoms with Crippen LogP contribution in [0.4, 0.5) is 10.5 Å². The highest BCUT2D eigenvalue weighted by atomic mass is 16.5. The minimum absolute atomic E-state index is 0.0411. The van der Waals surface area contributed by atoms with Gasteiger partial charge < -0.3 is 10.1 Å². The van der Waals surface area contributed by atoms with Gasteiger partial charge in [0.1, 0.15) is 5.75 Å². The number of Topliss-reactive ketones (excluding diaryl/α,β-unsaturated/α-hetero) is 1. The molecule has 1 N–H and O–H groups in total. The van der Waals surface area contributed by atoms with Gasteiger partial charge in [-0.2, -0.15) is 0 Å². The van der Waals surface area contributed by atoms with Crippen LogP contribution in [0.1, 0.15) is 34.1 Å². The van der Waals surface area contributed by atoms with Crippen molar-refractivity contribution in [1.29, 1.82) is 0 Å². The smallest absolute Gasteiger partial charge is 0.343 e. The standard InChI is InChI=1S/C19H18N2O4/c1-2-17(22)13-5-9-16(10-6-13)25-18(23)14-3-7-15(8-4-14)21-12-11-20-19(21)24/h3-10H,2,11-12H2,1H3,(H,20,24). The molecule has 0 aliphatic carbocycles. The van der Waals surface area contributed by atoms with Crippen LogP contribution in [-0.2, 0) is 0 Å². The zero-order valence-corrected chi connectivity index (χ0v) is 13.8. The Labute approximate surface area is 145 Å². The number of nitrogens with one attached hydrogen (secondary N) is 1. The fourth-order valence-corrected chi connectivity index (χ4v) is 2.57. The van der Waals surface area contributed by atoms with E-state index in [2.05, 4.69) is 5.32 Å². The highest BCUT2D eigenvalue weighted by molar-refractivity contribution is 5.97. The Morgan fingerprint density at radius 3 is 2.24 bits per heavy atom. The lowest BCUT2D eigenvalue weighted by Gasteiger charge is -2.14. The summed E-state index contributed by atoms with van der Waals surface area (Å²) in [6.07, 6.45) is 0.431. The van der Waals surface area contributed by atoms with Crippen LogP contribution in [0.2, 0.25) is 0 Å². The molecule has 2 amide bonds. The topological polar surface area (TPSA) is 75.7 Å². The number of hydrogen-bond donors (Lipinski definition) is 1. The molecule has 0 atom stereocenters. The maximum absolute atomic E-state index is 12.2. The summed E-state index contributed by atoms with van der Waals surface area (Å²) in [7, 11) is 0. The Morgan fingerprint density at radius 1 is 1.04 bits per heavy atom. The van der Waals surface area contributed by atoms with Crippen molar-refractivity contribution in [2.45, 2.75) is 13.3 Å². The largest absolute Gasteiger partial charge is 0.423 e. The number of carbonyl (C=O) groups excluding carboxylic acids is 3. The minimum atomic E-state index is -0.494. The highest BCUT2D eigenvalue weighted by Gasteiger charge is 2.21. The molecule has 0 aromatic heterocycles. The van der Waals surface area contributed by atoms with Gasteiger partial charge in [-0.3, -0.25) is 9.69 Å². The summed E-state index contributed by atoms with van der Waals surface area (Å²) in [4.78, 5) is 37.0. The van der Waals surface area contributed by atoms with Gasteiger partial charge in [-0.25, -0.2) is 9.59 Å². The monoisotopic (exact) mass is 338 g/mol. The number of anilines is 1. The van der Waals surface area contributed by atoms with Crippen molar-refractivity contribution < 1.29 is 19.1 Å². The molecule has 0 saturated carbocycles. The molecule has 1 aliphatic heterocycles. The van der Waals surface area contributed by atoms with Gasteiger partial charge in [-0.15, -0.1) is 0 Å². The van der Waals surface area contributed by atoms with Gasteiger partial charge in [0.2, 0.25) is 0 Å². The molecule has 0 radical (unpaired) electrons. The molecular weight excluding hydrogens is 320 g/mol. The molecule has 2 aromatic rings. The van der Waals surface area contributed by atoms with Gasteiger partial charge in [-0.05, 0) is 48.5 Å². The molecule has 6 nitrogen and oxygen atoms in total. The molecule has 3 rings (SSSR count). The lowest BCUT2D eigenvalue weighted by molar-refractivity contribution is 0.0734. The summed E-state index contributed by atoms with van der Waals surface area (Å²) >= 11 is 0. The third-order valence-corrected chi connectivity index (χ3v) is 3.98. The first-order valence-electron chi connectivity index (χ1n) is 8.09. The van der Waals surface area contributed by atoms with E-state index >= 15 is 0 Å². The van der Waals surface area contributed by atoms with Crippen molar-refractivity contribution in [1.82, 2.24) is 5.32 Å². The lowest BCUT2D eigenvalue weighted by Crippen LogP contribution is -2.27. The summed E-state index contributed by atoms with van der Waals surface area (Å²) in [6, 6.07) is 13.0. The fraction of sp³-hybridized carbons (Fsp3) is 0.211. The van der Waals surface area contributed by atoms with Crippen molar-refractivity contribution >= 4 is 23.5 Å². The van der Waals surface area contributed by atoms with Gasteiger partial charge in [0.15, 0.2) is 5.78 Å². The summed E-state index contributed by atoms with van der Waals surface area (Å²) < 4.78 is 5.31. The van der Waals surface area contributed by atoms with E-state index < -0.39 is 5.97 Å². The molecule has 0 unspecified atom stereocenters. The molecule has 0 bridgehead atoms. The lowest BCUT2D eigenvalue weighted by atomic mass is 10.1. The molecule has 1 saturated heterocycles. The van der Waals surface area contributed by atoms with Crippen LogP contribution in [0.3, 0.4) is 0 Å². The zero-order valence-electron chi connectivity index (χ0n) is 13.8. The van der Waals surface area contributed by atoms with E-state index in [1.807, 2.05) is 0 Å². The number of hydrogen-bond acceptors (Lipinski definition) is 4. The Morgan fingerprint density at radius 2 is 1.68 bits per heavy atom. The second-order valence-electron chi connectivity index (χ2n) is 5.62. The average molecular weight is 338 g/mol. The van der Waals surface area contributed by atoms with E-state index in [0.717, 1.165) is 5.69 Å². The SMILES string of the molecule is CCC(=O)c1ccc(OC(=O)c2ccc(N3CCNC3=O)cc2)cc1. The third kappa shape index (κ3) is 3.68. The quantitative estimate of drug-likeness (QED) is 0.516. The van der Waals surface area contributed by atoms with Crippen molar-refractivity contribution in [2.75, 3.05) is 18.0 Å². The molecule has 1 aliphatic rings. The number of urea groups is 1. The van der Waals surface area contributed by atoms with Gasteiger partial charge in [-0.1, -0.05) is 6.92 Å². The van der Waals surface area contributed by atoms with Crippen LogP contribution in [0.15, 0.2) is 48.5 Å². The summed E-state index contributed by atoms with van der Waals surface area (Å²) in [5.74, 6) is -0.0768. The first-order chi connectivity index (χ1) is 12.1. The van der Waals surface area contributed by atoms with Gasteiger partial charge in [0.25, 0.3) is 0 Å². The minimum Gasteiger partial charge on any atom is -0.423 e. The van der Waals surface area contributed by atoms with Crippen LogP contribution in [0.25, 0.3) is 0 Å². The first-order valence-corrected chi connectivity index (χ1v) is 8.09. The van der Waals surface area contributed by atoms with E-state index in [4.69, 9.17) is 4.74 Å². The van der Waals surface area contributed by atoms with Crippen LogP contribution in [-0.4, -0.2) is 30.9 Å². The van der Waals surface area contributed by atoms with Crippen LogP contribution in [0, 0.1) is 0 Å². The Hall–Kier alpha value is -3.15. The van der Waals surface area contributed by atoms with Crippen molar-refractivity contribution in [3.8, 4) is 5.75 Å². The predicted octanol–water partition coefficient (Wildman–Crippen LogP) is 3.03. The maximum Gasteiger partial charge on any atom is 0.343 e. The number of benzene rings is 2. The van der Waals surface area contributed by atoms with Crippen molar-refractivity contribution in [3.63, 3.8) is 0 Å². The van der Waals surface area contributed by atoms with Crippen molar-refractivity contribution in [3.05, 3.63) is 59.7 Å². The number of carbonyl (C=O) groups is 3. The van der Waals surface area contributed by atoms with Gasteiger partial charge >= 0.3 is 12.0 Å². The normalized spacial score (nSPS) is 13.5. The molecule has 128 valence electrons. The van der Waals surface area contributed by atoms with Crippen LogP contribution < -0.4 is 15.0 Å². The van der Waals surface area contributed by atoms with Gasteiger partial charge in [0.05, 0.1) is 5.56 Å². The molecule has 6 heteroatoms. The first kappa shape index (κ1) is 16.7. The Balaban J connectivity index is 1.67. The van der Waals surface area contributed by atoms with Gasteiger partial charge in [0, 0.05) is 30.8 Å².